The SMILES string of the molecule is CCCCNC(=O)CN1CCN(C(=O)CN2C(=O)c3ccccc3C2=O)CC1. The summed E-state index contributed by atoms with van der Waals surface area (Å²) in [6.07, 6.45) is 2.00. The largest absolute Gasteiger partial charge is 0.355 e. The number of benzene rings is 1. The van der Waals surface area contributed by atoms with Gasteiger partial charge in [0, 0.05) is 32.7 Å². The number of fused-ring (bicyclic) bond motifs is 1. The Morgan fingerprint density at radius 2 is 1.57 bits per heavy atom. The Labute approximate surface area is 164 Å². The van der Waals surface area contributed by atoms with Gasteiger partial charge in [0.15, 0.2) is 0 Å². The van der Waals surface area contributed by atoms with E-state index in [2.05, 4.69) is 12.2 Å². The van der Waals surface area contributed by atoms with Crippen molar-refractivity contribution in [1.82, 2.24) is 20.0 Å². The van der Waals surface area contributed by atoms with Gasteiger partial charge in [-0.3, -0.25) is 29.0 Å². The first-order chi connectivity index (χ1) is 13.5. The summed E-state index contributed by atoms with van der Waals surface area (Å²) in [6.45, 7) is 4.98. The molecule has 0 bridgehead atoms. The molecule has 0 radical (unpaired) electrons. The number of hydrogen-bond donors (Lipinski definition) is 1. The first-order valence-electron chi connectivity index (χ1n) is 9.73. The van der Waals surface area contributed by atoms with Crippen LogP contribution in [0.2, 0.25) is 0 Å². The second kappa shape index (κ2) is 8.97. The standard InChI is InChI=1S/C20H26N4O4/c1-2-3-8-21-17(25)13-22-9-11-23(12-10-22)18(26)14-24-19(27)15-6-4-5-7-16(15)20(24)28/h4-7H,2-3,8-14H2,1H3,(H,21,25). The third-order valence-electron chi connectivity index (χ3n) is 5.12. The average molecular weight is 386 g/mol. The molecule has 0 aromatic heterocycles. The molecule has 0 spiro atoms. The van der Waals surface area contributed by atoms with Crippen molar-refractivity contribution in [3.8, 4) is 0 Å². The van der Waals surface area contributed by atoms with Crippen molar-refractivity contribution in [2.24, 2.45) is 0 Å². The predicted octanol–water partition coefficient (Wildman–Crippen LogP) is 0.343. The molecule has 1 N–H and O–H groups in total. The molecule has 0 aliphatic carbocycles. The van der Waals surface area contributed by atoms with Crippen LogP contribution in [0.3, 0.4) is 0 Å². The highest BCUT2D eigenvalue weighted by molar-refractivity contribution is 6.22. The smallest absolute Gasteiger partial charge is 0.262 e. The van der Waals surface area contributed by atoms with Crippen LogP contribution in [-0.4, -0.2) is 84.1 Å². The molecule has 0 saturated carbocycles. The average Bonchev–Trinajstić information content (AvgIpc) is 2.94. The molecule has 0 atom stereocenters. The first-order valence-corrected chi connectivity index (χ1v) is 9.73. The van der Waals surface area contributed by atoms with Crippen LogP contribution >= 0.6 is 0 Å². The number of imide groups is 1. The molecule has 8 heteroatoms. The van der Waals surface area contributed by atoms with E-state index in [1.165, 1.54) is 0 Å². The summed E-state index contributed by atoms with van der Waals surface area (Å²) in [4.78, 5) is 53.9. The summed E-state index contributed by atoms with van der Waals surface area (Å²) in [7, 11) is 0. The number of hydrogen-bond acceptors (Lipinski definition) is 5. The van der Waals surface area contributed by atoms with Crippen LogP contribution in [0.4, 0.5) is 0 Å². The summed E-state index contributed by atoms with van der Waals surface area (Å²) in [5.41, 5.74) is 0.693. The lowest BCUT2D eigenvalue weighted by Gasteiger charge is -2.34. The second-order valence-corrected chi connectivity index (χ2v) is 7.10. The number of amides is 4. The third kappa shape index (κ3) is 4.39. The minimum absolute atomic E-state index is 0.000693. The molecule has 4 amide bonds. The Morgan fingerprint density at radius 3 is 2.14 bits per heavy atom. The van der Waals surface area contributed by atoms with Crippen LogP contribution in [0.1, 0.15) is 40.5 Å². The fraction of sp³-hybridized carbons (Fsp3) is 0.500. The van der Waals surface area contributed by atoms with Crippen molar-refractivity contribution in [2.45, 2.75) is 19.8 Å². The van der Waals surface area contributed by atoms with Gasteiger partial charge in [-0.2, -0.15) is 0 Å². The molecule has 28 heavy (non-hydrogen) atoms. The number of rotatable bonds is 7. The highest BCUT2D eigenvalue weighted by Gasteiger charge is 2.37. The molecule has 2 heterocycles. The highest BCUT2D eigenvalue weighted by atomic mass is 16.2. The molecular formula is C20H26N4O4. The van der Waals surface area contributed by atoms with E-state index in [0.29, 0.717) is 50.4 Å². The number of nitrogens with zero attached hydrogens (tertiary/aromatic N) is 3. The first kappa shape index (κ1) is 20.0. The lowest BCUT2D eigenvalue weighted by Crippen LogP contribution is -2.53. The van der Waals surface area contributed by atoms with E-state index >= 15 is 0 Å². The van der Waals surface area contributed by atoms with Gasteiger partial charge in [-0.05, 0) is 18.6 Å². The van der Waals surface area contributed by atoms with Crippen LogP contribution in [0.5, 0.6) is 0 Å². The van der Waals surface area contributed by atoms with Crippen molar-refractivity contribution in [1.29, 1.82) is 0 Å². The Kier molecular flexibility index (Phi) is 6.41. The molecule has 1 saturated heterocycles. The molecule has 8 nitrogen and oxygen atoms in total. The van der Waals surface area contributed by atoms with Gasteiger partial charge in [0.05, 0.1) is 17.7 Å². The number of carbonyl (C=O) groups is 4. The van der Waals surface area contributed by atoms with Crippen molar-refractivity contribution in [3.05, 3.63) is 35.4 Å². The zero-order chi connectivity index (χ0) is 20.1. The van der Waals surface area contributed by atoms with Gasteiger partial charge in [-0.15, -0.1) is 0 Å². The molecular weight excluding hydrogens is 360 g/mol. The highest BCUT2D eigenvalue weighted by Crippen LogP contribution is 2.22. The monoisotopic (exact) mass is 386 g/mol. The summed E-state index contributed by atoms with van der Waals surface area (Å²) < 4.78 is 0. The van der Waals surface area contributed by atoms with Gasteiger partial charge in [-0.1, -0.05) is 25.5 Å². The fourth-order valence-electron chi connectivity index (χ4n) is 3.44. The van der Waals surface area contributed by atoms with Crippen LogP contribution in [0, 0.1) is 0 Å². The maximum absolute atomic E-state index is 12.6. The predicted molar refractivity (Wildman–Crippen MR) is 103 cm³/mol. The van der Waals surface area contributed by atoms with Crippen LogP contribution in [0.25, 0.3) is 0 Å². The van der Waals surface area contributed by atoms with Gasteiger partial charge < -0.3 is 10.2 Å². The van der Waals surface area contributed by atoms with E-state index in [0.717, 1.165) is 17.7 Å². The van der Waals surface area contributed by atoms with Crippen LogP contribution < -0.4 is 5.32 Å². The second-order valence-electron chi connectivity index (χ2n) is 7.10. The van der Waals surface area contributed by atoms with Gasteiger partial charge in [0.25, 0.3) is 11.8 Å². The van der Waals surface area contributed by atoms with Gasteiger partial charge in [0.2, 0.25) is 11.8 Å². The molecule has 2 aliphatic heterocycles. The molecule has 1 fully saturated rings. The Bertz CT molecular complexity index is 736. The lowest BCUT2D eigenvalue weighted by molar-refractivity contribution is -0.133. The molecule has 3 rings (SSSR count). The van der Waals surface area contributed by atoms with Crippen LogP contribution in [0.15, 0.2) is 24.3 Å². The molecule has 0 unspecified atom stereocenters. The van der Waals surface area contributed by atoms with Gasteiger partial charge in [-0.25, -0.2) is 0 Å². The number of carbonyl (C=O) groups excluding carboxylic acids is 4. The Hall–Kier alpha value is -2.74. The Morgan fingerprint density at radius 1 is 0.964 bits per heavy atom. The normalized spacial score (nSPS) is 17.0. The van der Waals surface area contributed by atoms with Crippen molar-refractivity contribution >= 4 is 23.6 Å². The number of piperazine rings is 1. The van der Waals surface area contributed by atoms with Gasteiger partial charge >= 0.3 is 0 Å². The van der Waals surface area contributed by atoms with E-state index in [9.17, 15) is 19.2 Å². The summed E-state index contributed by atoms with van der Waals surface area (Å²) in [5.74, 6) is -1.09. The number of unbranched alkanes of at least 4 members (excludes halogenated alkanes) is 1. The molecule has 150 valence electrons. The fourth-order valence-corrected chi connectivity index (χ4v) is 3.44. The van der Waals surface area contributed by atoms with E-state index in [-0.39, 0.29) is 18.4 Å². The maximum Gasteiger partial charge on any atom is 0.262 e. The Balaban J connectivity index is 1.47. The minimum atomic E-state index is -0.420. The molecule has 1 aromatic carbocycles. The van der Waals surface area contributed by atoms with Crippen LogP contribution in [-0.2, 0) is 9.59 Å². The van der Waals surface area contributed by atoms with E-state index in [1.807, 2.05) is 4.90 Å². The maximum atomic E-state index is 12.6. The van der Waals surface area contributed by atoms with Crippen molar-refractivity contribution in [3.63, 3.8) is 0 Å². The quantitative estimate of drug-likeness (QED) is 0.539. The molecule has 2 aliphatic rings. The van der Waals surface area contributed by atoms with Crippen molar-refractivity contribution in [2.75, 3.05) is 45.8 Å². The molecule has 1 aromatic rings. The van der Waals surface area contributed by atoms with E-state index < -0.39 is 11.8 Å². The topological polar surface area (TPSA) is 90.0 Å². The van der Waals surface area contributed by atoms with Gasteiger partial charge in [0.1, 0.15) is 6.54 Å². The summed E-state index contributed by atoms with van der Waals surface area (Å²) >= 11 is 0. The number of nitrogens with one attached hydrogen (secondary N) is 1. The summed E-state index contributed by atoms with van der Waals surface area (Å²) in [6, 6.07) is 6.61. The zero-order valence-electron chi connectivity index (χ0n) is 16.1. The third-order valence-corrected chi connectivity index (χ3v) is 5.12. The lowest BCUT2D eigenvalue weighted by atomic mass is 10.1. The summed E-state index contributed by atoms with van der Waals surface area (Å²) in [5, 5.41) is 2.89. The van der Waals surface area contributed by atoms with Crippen molar-refractivity contribution < 1.29 is 19.2 Å². The zero-order valence-corrected chi connectivity index (χ0v) is 16.1. The minimum Gasteiger partial charge on any atom is -0.355 e. The van der Waals surface area contributed by atoms with E-state index in [4.69, 9.17) is 0 Å². The van der Waals surface area contributed by atoms with E-state index in [1.54, 1.807) is 29.2 Å².